The van der Waals surface area contributed by atoms with Crippen molar-refractivity contribution < 1.29 is 18.7 Å². The molecule has 1 aromatic carbocycles. The van der Waals surface area contributed by atoms with Crippen molar-refractivity contribution in [2.24, 2.45) is 5.92 Å². The third-order valence-electron chi connectivity index (χ3n) is 3.04. The zero-order valence-corrected chi connectivity index (χ0v) is 15.0. The van der Waals surface area contributed by atoms with Crippen LogP contribution in [0, 0.1) is 11.7 Å². The molecule has 1 aliphatic rings. The minimum atomic E-state index is -0.495. The zero-order valence-electron chi connectivity index (χ0n) is 12.7. The highest BCUT2D eigenvalue weighted by Crippen LogP contribution is 2.34. The van der Waals surface area contributed by atoms with E-state index in [-0.39, 0.29) is 17.0 Å². The molecule has 1 aromatic rings. The Morgan fingerprint density at radius 1 is 1.45 bits per heavy atom. The maximum atomic E-state index is 13.1. The monoisotopic (exact) mass is 393 g/mol. The van der Waals surface area contributed by atoms with Gasteiger partial charge in [-0.1, -0.05) is 11.6 Å². The van der Waals surface area contributed by atoms with E-state index in [0.717, 1.165) is 0 Å². The van der Waals surface area contributed by atoms with Gasteiger partial charge >= 0.3 is 6.09 Å². The smallest absolute Gasteiger partial charge is 0.410 e. The predicted molar refractivity (Wildman–Crippen MR) is 85.9 cm³/mol. The molecule has 22 heavy (non-hydrogen) atoms. The fraction of sp³-hybridized carbons (Fsp3) is 0.533. The Bertz CT molecular complexity index is 547. The Hall–Kier alpha value is -1.01. The van der Waals surface area contributed by atoms with Gasteiger partial charge in [0.1, 0.15) is 11.4 Å². The standard InChI is InChI=1S/C15H18BrClFNO3/c1-15(2,3)22-14(20)19-6-9(7-19)8-21-13-11(16)4-10(18)5-12(13)17/h4-5,9H,6-8H2,1-3H3. The summed E-state index contributed by atoms with van der Waals surface area (Å²) in [6.07, 6.45) is -0.315. The van der Waals surface area contributed by atoms with E-state index >= 15 is 0 Å². The van der Waals surface area contributed by atoms with Crippen LogP contribution in [0.4, 0.5) is 9.18 Å². The predicted octanol–water partition coefficient (Wildman–Crippen LogP) is 4.49. The second-order valence-electron chi connectivity index (χ2n) is 6.26. The highest BCUT2D eigenvalue weighted by atomic mass is 79.9. The van der Waals surface area contributed by atoms with Gasteiger partial charge in [-0.05, 0) is 48.8 Å². The van der Waals surface area contributed by atoms with Crippen LogP contribution in [0.5, 0.6) is 5.75 Å². The molecule has 0 spiro atoms. The molecular formula is C15H18BrClFNO3. The second-order valence-corrected chi connectivity index (χ2v) is 7.52. The van der Waals surface area contributed by atoms with E-state index in [2.05, 4.69) is 15.9 Å². The highest BCUT2D eigenvalue weighted by molar-refractivity contribution is 9.10. The van der Waals surface area contributed by atoms with Gasteiger partial charge in [-0.3, -0.25) is 0 Å². The van der Waals surface area contributed by atoms with Crippen molar-refractivity contribution in [3.63, 3.8) is 0 Å². The third-order valence-corrected chi connectivity index (χ3v) is 3.91. The average molecular weight is 395 g/mol. The van der Waals surface area contributed by atoms with Crippen molar-refractivity contribution in [1.29, 1.82) is 0 Å². The number of halogens is 3. The van der Waals surface area contributed by atoms with E-state index in [4.69, 9.17) is 21.1 Å². The van der Waals surface area contributed by atoms with E-state index in [9.17, 15) is 9.18 Å². The first-order chi connectivity index (χ1) is 10.2. The summed E-state index contributed by atoms with van der Waals surface area (Å²) >= 11 is 9.17. The SMILES string of the molecule is CC(C)(C)OC(=O)N1CC(COc2c(Cl)cc(F)cc2Br)C1. The lowest BCUT2D eigenvalue weighted by molar-refractivity contribution is -0.00786. The van der Waals surface area contributed by atoms with Crippen LogP contribution in [0.1, 0.15) is 20.8 Å². The Labute approximate surface area is 142 Å². The molecule has 4 nitrogen and oxygen atoms in total. The van der Waals surface area contributed by atoms with E-state index < -0.39 is 11.4 Å². The summed E-state index contributed by atoms with van der Waals surface area (Å²) in [5.41, 5.74) is -0.495. The normalized spacial score (nSPS) is 15.5. The Kier molecular flexibility index (Phi) is 5.22. The topological polar surface area (TPSA) is 38.8 Å². The molecule has 0 aromatic heterocycles. The number of hydrogen-bond acceptors (Lipinski definition) is 3. The zero-order chi connectivity index (χ0) is 16.5. The van der Waals surface area contributed by atoms with Crippen molar-refractivity contribution in [3.8, 4) is 5.75 Å². The summed E-state index contributed by atoms with van der Waals surface area (Å²) in [7, 11) is 0. The minimum Gasteiger partial charge on any atom is -0.490 e. The molecule has 7 heteroatoms. The van der Waals surface area contributed by atoms with Gasteiger partial charge in [0.05, 0.1) is 16.1 Å². The quantitative estimate of drug-likeness (QED) is 0.758. The molecule has 0 unspecified atom stereocenters. The van der Waals surface area contributed by atoms with Gasteiger partial charge in [0, 0.05) is 19.0 Å². The number of rotatable bonds is 3. The van der Waals surface area contributed by atoms with Crippen LogP contribution in [0.25, 0.3) is 0 Å². The van der Waals surface area contributed by atoms with Crippen molar-refractivity contribution in [1.82, 2.24) is 4.90 Å². The van der Waals surface area contributed by atoms with E-state index in [0.29, 0.717) is 29.9 Å². The largest absolute Gasteiger partial charge is 0.490 e. The molecule has 122 valence electrons. The van der Waals surface area contributed by atoms with E-state index in [1.54, 1.807) is 4.90 Å². The molecule has 1 aliphatic heterocycles. The number of nitrogens with zero attached hydrogens (tertiary/aromatic N) is 1. The lowest BCUT2D eigenvalue weighted by Crippen LogP contribution is -2.53. The maximum absolute atomic E-state index is 13.1. The average Bonchev–Trinajstić information content (AvgIpc) is 2.27. The summed E-state index contributed by atoms with van der Waals surface area (Å²) in [6.45, 7) is 7.05. The number of amides is 1. The summed E-state index contributed by atoms with van der Waals surface area (Å²) in [5, 5.41) is 0.218. The van der Waals surface area contributed by atoms with Crippen molar-refractivity contribution in [3.05, 3.63) is 27.4 Å². The van der Waals surface area contributed by atoms with Crippen LogP contribution in [-0.2, 0) is 4.74 Å². The Morgan fingerprint density at radius 2 is 2.09 bits per heavy atom. The van der Waals surface area contributed by atoms with Crippen LogP contribution in [0.2, 0.25) is 5.02 Å². The molecule has 0 N–H and O–H groups in total. The van der Waals surface area contributed by atoms with Crippen LogP contribution >= 0.6 is 27.5 Å². The highest BCUT2D eigenvalue weighted by Gasteiger charge is 2.34. The molecular weight excluding hydrogens is 377 g/mol. The van der Waals surface area contributed by atoms with Crippen molar-refractivity contribution in [2.75, 3.05) is 19.7 Å². The van der Waals surface area contributed by atoms with Crippen LogP contribution in [0.15, 0.2) is 16.6 Å². The summed E-state index contributed by atoms with van der Waals surface area (Å²) in [4.78, 5) is 13.4. The van der Waals surface area contributed by atoms with E-state index in [1.807, 2.05) is 20.8 Å². The van der Waals surface area contributed by atoms with Crippen LogP contribution in [0.3, 0.4) is 0 Å². The molecule has 0 bridgehead atoms. The van der Waals surface area contributed by atoms with Gasteiger partial charge in [-0.2, -0.15) is 0 Å². The number of ether oxygens (including phenoxy) is 2. The third kappa shape index (κ3) is 4.49. The fourth-order valence-electron chi connectivity index (χ4n) is 2.02. The van der Waals surface area contributed by atoms with Crippen LogP contribution in [-0.4, -0.2) is 36.3 Å². The van der Waals surface area contributed by atoms with Gasteiger partial charge in [0.15, 0.2) is 5.75 Å². The molecule has 1 fully saturated rings. The van der Waals surface area contributed by atoms with Crippen molar-refractivity contribution in [2.45, 2.75) is 26.4 Å². The number of carbonyl (C=O) groups is 1. The summed E-state index contributed by atoms with van der Waals surface area (Å²) < 4.78 is 24.5. The molecule has 2 rings (SSSR count). The van der Waals surface area contributed by atoms with Crippen LogP contribution < -0.4 is 4.74 Å². The maximum Gasteiger partial charge on any atom is 0.410 e. The first kappa shape index (κ1) is 17.3. The van der Waals surface area contributed by atoms with Gasteiger partial charge in [0.25, 0.3) is 0 Å². The molecule has 1 saturated heterocycles. The lowest BCUT2D eigenvalue weighted by atomic mass is 10.0. The first-order valence-electron chi connectivity index (χ1n) is 6.91. The number of likely N-dealkylation sites (tertiary alicyclic amines) is 1. The molecule has 0 saturated carbocycles. The Balaban J connectivity index is 1.81. The summed E-state index contributed by atoms with van der Waals surface area (Å²) in [6, 6.07) is 2.50. The van der Waals surface area contributed by atoms with Gasteiger partial charge in [0.2, 0.25) is 0 Å². The molecule has 1 amide bonds. The number of carbonyl (C=O) groups excluding carboxylic acids is 1. The molecule has 1 heterocycles. The molecule has 0 aliphatic carbocycles. The van der Waals surface area contributed by atoms with Crippen molar-refractivity contribution >= 4 is 33.6 Å². The first-order valence-corrected chi connectivity index (χ1v) is 8.08. The lowest BCUT2D eigenvalue weighted by Gasteiger charge is -2.39. The Morgan fingerprint density at radius 3 is 2.64 bits per heavy atom. The van der Waals surface area contributed by atoms with Gasteiger partial charge < -0.3 is 14.4 Å². The number of hydrogen-bond donors (Lipinski definition) is 0. The fourth-order valence-corrected chi connectivity index (χ4v) is 2.94. The summed E-state index contributed by atoms with van der Waals surface area (Å²) in [5.74, 6) is 0.197. The second kappa shape index (κ2) is 6.62. The van der Waals surface area contributed by atoms with E-state index in [1.165, 1.54) is 12.1 Å². The molecule has 0 radical (unpaired) electrons. The minimum absolute atomic E-state index is 0.209. The number of benzene rings is 1. The molecule has 0 atom stereocenters. The van der Waals surface area contributed by atoms with Gasteiger partial charge in [-0.15, -0.1) is 0 Å². The van der Waals surface area contributed by atoms with Gasteiger partial charge in [-0.25, -0.2) is 9.18 Å².